The molecular weight excluding hydrogens is 436 g/mol. The third-order valence-corrected chi connectivity index (χ3v) is 8.33. The van der Waals surface area contributed by atoms with Gasteiger partial charge < -0.3 is 24.4 Å². The van der Waals surface area contributed by atoms with Crippen molar-refractivity contribution in [3.8, 4) is 11.5 Å². The van der Waals surface area contributed by atoms with Gasteiger partial charge in [0.05, 0.1) is 16.9 Å². The van der Waals surface area contributed by atoms with E-state index in [0.717, 1.165) is 30.4 Å². The molecule has 1 heterocycles. The van der Waals surface area contributed by atoms with Crippen LogP contribution in [0.15, 0.2) is 24.0 Å². The fourth-order valence-electron chi connectivity index (χ4n) is 6.87. The van der Waals surface area contributed by atoms with Gasteiger partial charge in [-0.25, -0.2) is 4.79 Å². The summed E-state index contributed by atoms with van der Waals surface area (Å²) in [5.41, 5.74) is 0.147. The molecular formula is C27H34O7. The molecule has 0 radical (unpaired) electrons. The second-order valence-corrected chi connectivity index (χ2v) is 11.0. The van der Waals surface area contributed by atoms with Crippen LogP contribution in [-0.4, -0.2) is 40.0 Å². The number of hydrogen-bond acceptors (Lipinski definition) is 7. The minimum absolute atomic E-state index is 0.0287. The van der Waals surface area contributed by atoms with Crippen molar-refractivity contribution in [3.63, 3.8) is 0 Å². The number of ether oxygens (including phenoxy) is 3. The van der Waals surface area contributed by atoms with Crippen molar-refractivity contribution < 1.29 is 34.0 Å². The van der Waals surface area contributed by atoms with Gasteiger partial charge in [-0.2, -0.15) is 0 Å². The molecule has 5 rings (SSSR count). The van der Waals surface area contributed by atoms with E-state index in [-0.39, 0.29) is 17.6 Å². The molecule has 1 fully saturated rings. The molecule has 34 heavy (non-hydrogen) atoms. The lowest BCUT2D eigenvalue weighted by atomic mass is 9.47. The summed E-state index contributed by atoms with van der Waals surface area (Å²) in [5.74, 6) is -0.271. The van der Waals surface area contributed by atoms with E-state index in [1.807, 2.05) is 19.9 Å². The van der Waals surface area contributed by atoms with Crippen LogP contribution < -0.4 is 4.74 Å². The third-order valence-electron chi connectivity index (χ3n) is 8.33. The quantitative estimate of drug-likeness (QED) is 0.608. The topological polar surface area (TPSA) is 102 Å². The van der Waals surface area contributed by atoms with E-state index in [1.165, 1.54) is 6.92 Å². The maximum atomic E-state index is 12.9. The van der Waals surface area contributed by atoms with Gasteiger partial charge in [-0.3, -0.25) is 4.79 Å². The Hall–Kier alpha value is -2.54. The monoisotopic (exact) mass is 470 g/mol. The van der Waals surface area contributed by atoms with Crippen molar-refractivity contribution in [3.05, 3.63) is 35.1 Å². The van der Waals surface area contributed by atoms with Crippen molar-refractivity contribution in [1.29, 1.82) is 0 Å². The molecule has 0 unspecified atom stereocenters. The summed E-state index contributed by atoms with van der Waals surface area (Å²) in [5, 5.41) is 22.6. The predicted octanol–water partition coefficient (Wildman–Crippen LogP) is 3.92. The summed E-state index contributed by atoms with van der Waals surface area (Å²) < 4.78 is 17.4. The summed E-state index contributed by atoms with van der Waals surface area (Å²) in [6.07, 6.45) is 4.23. The Balaban J connectivity index is 1.41. The average Bonchev–Trinajstić information content (AvgIpc) is 3.12. The summed E-state index contributed by atoms with van der Waals surface area (Å²) >= 11 is 0. The molecule has 1 aromatic carbocycles. The number of phenolic OH excluding ortho intramolecular Hbond substituents is 1. The molecule has 7 heteroatoms. The number of hydrogen-bond donors (Lipinski definition) is 2. The molecule has 2 bridgehead atoms. The summed E-state index contributed by atoms with van der Waals surface area (Å²) in [6, 6.07) is 3.56. The zero-order chi connectivity index (χ0) is 24.4. The Morgan fingerprint density at radius 2 is 1.97 bits per heavy atom. The van der Waals surface area contributed by atoms with E-state index < -0.39 is 35.2 Å². The van der Waals surface area contributed by atoms with E-state index in [9.17, 15) is 19.8 Å². The van der Waals surface area contributed by atoms with E-state index in [1.54, 1.807) is 19.1 Å². The SMILES string of the molecule is CC(C)C[C@H](C)C(=O)O[C@@H](C)C(=O)OC1=CC[C@@]2(O)[C@@H]3CCC[C@@]24c2c(ccc(O)c2O[C@@H]14)C3. The normalized spacial score (nSPS) is 32.2. The third kappa shape index (κ3) is 3.19. The Kier molecular flexibility index (Phi) is 5.47. The van der Waals surface area contributed by atoms with Crippen molar-refractivity contribution in [2.75, 3.05) is 0 Å². The second-order valence-electron chi connectivity index (χ2n) is 11.0. The van der Waals surface area contributed by atoms with Gasteiger partial charge in [0.15, 0.2) is 23.7 Å². The smallest absolute Gasteiger partial charge is 0.352 e. The highest BCUT2D eigenvalue weighted by Gasteiger charge is 2.70. The van der Waals surface area contributed by atoms with Crippen LogP contribution in [0.25, 0.3) is 0 Å². The van der Waals surface area contributed by atoms with E-state index in [4.69, 9.17) is 14.2 Å². The number of aliphatic hydroxyl groups is 1. The predicted molar refractivity (Wildman–Crippen MR) is 123 cm³/mol. The largest absolute Gasteiger partial charge is 0.504 e. The fourth-order valence-corrected chi connectivity index (χ4v) is 6.87. The lowest BCUT2D eigenvalue weighted by Gasteiger charge is -2.59. The minimum Gasteiger partial charge on any atom is -0.504 e. The van der Waals surface area contributed by atoms with Crippen molar-refractivity contribution in [2.24, 2.45) is 17.8 Å². The Morgan fingerprint density at radius 1 is 1.21 bits per heavy atom. The number of carbonyl (C=O) groups excluding carboxylic acids is 2. The number of aromatic hydroxyl groups is 1. The van der Waals surface area contributed by atoms with Gasteiger partial charge in [-0.05, 0) is 68.6 Å². The number of rotatable bonds is 6. The molecule has 2 N–H and O–H groups in total. The number of esters is 2. The molecule has 3 aliphatic carbocycles. The standard InChI is InChI=1S/C27H34O7/c1-14(2)12-15(3)24(29)32-16(4)25(30)33-20-9-11-27(31)18-6-5-10-26(27)21-17(13-18)7-8-19(28)22(21)34-23(20)26/h7-9,14-16,18,23,28,31H,5-6,10-13H2,1-4H3/t15-,16-,18+,23-,26-,27+/m0/s1. The molecule has 0 aromatic heterocycles. The first kappa shape index (κ1) is 23.2. The van der Waals surface area contributed by atoms with Crippen LogP contribution in [0, 0.1) is 17.8 Å². The maximum absolute atomic E-state index is 12.9. The molecule has 6 atom stereocenters. The first-order valence-electron chi connectivity index (χ1n) is 12.4. The van der Waals surface area contributed by atoms with Crippen LogP contribution >= 0.6 is 0 Å². The van der Waals surface area contributed by atoms with Gasteiger partial charge in [-0.15, -0.1) is 0 Å². The van der Waals surface area contributed by atoms with Crippen LogP contribution in [0.5, 0.6) is 11.5 Å². The van der Waals surface area contributed by atoms with Gasteiger partial charge in [-0.1, -0.05) is 33.3 Å². The molecule has 1 saturated carbocycles. The second kappa shape index (κ2) is 8.01. The molecule has 4 aliphatic rings. The van der Waals surface area contributed by atoms with Crippen LogP contribution in [0.1, 0.15) is 70.9 Å². The van der Waals surface area contributed by atoms with E-state index in [2.05, 4.69) is 0 Å². The van der Waals surface area contributed by atoms with Crippen LogP contribution in [0.3, 0.4) is 0 Å². The number of carbonyl (C=O) groups is 2. The summed E-state index contributed by atoms with van der Waals surface area (Å²) in [7, 11) is 0. The van der Waals surface area contributed by atoms with Crippen molar-refractivity contribution >= 4 is 11.9 Å². The summed E-state index contributed by atoms with van der Waals surface area (Å²) in [6.45, 7) is 7.36. The molecule has 0 amide bonds. The average molecular weight is 471 g/mol. The minimum atomic E-state index is -1.07. The Bertz CT molecular complexity index is 1060. The Morgan fingerprint density at radius 3 is 2.71 bits per heavy atom. The first-order chi connectivity index (χ1) is 16.1. The molecule has 184 valence electrons. The van der Waals surface area contributed by atoms with Gasteiger partial charge >= 0.3 is 11.9 Å². The zero-order valence-electron chi connectivity index (χ0n) is 20.3. The maximum Gasteiger partial charge on any atom is 0.352 e. The van der Waals surface area contributed by atoms with E-state index >= 15 is 0 Å². The van der Waals surface area contributed by atoms with Crippen molar-refractivity contribution in [2.45, 2.75) is 89.4 Å². The highest BCUT2D eigenvalue weighted by Crippen LogP contribution is 2.67. The summed E-state index contributed by atoms with van der Waals surface area (Å²) in [4.78, 5) is 25.3. The van der Waals surface area contributed by atoms with E-state index in [0.29, 0.717) is 36.7 Å². The molecule has 0 saturated heterocycles. The number of benzene rings is 1. The van der Waals surface area contributed by atoms with Gasteiger partial charge in [0.1, 0.15) is 5.76 Å². The first-order valence-corrected chi connectivity index (χ1v) is 12.4. The van der Waals surface area contributed by atoms with Crippen LogP contribution in [-0.2, 0) is 30.9 Å². The molecule has 1 aromatic rings. The van der Waals surface area contributed by atoms with Crippen LogP contribution in [0.2, 0.25) is 0 Å². The zero-order valence-corrected chi connectivity index (χ0v) is 20.3. The molecule has 1 spiro atoms. The van der Waals surface area contributed by atoms with Gasteiger partial charge in [0, 0.05) is 5.56 Å². The lowest BCUT2D eigenvalue weighted by molar-refractivity contribution is -0.172. The highest BCUT2D eigenvalue weighted by atomic mass is 16.6. The molecule has 1 aliphatic heterocycles. The number of phenols is 1. The molecule has 7 nitrogen and oxygen atoms in total. The fraction of sp³-hybridized carbons (Fsp3) is 0.630. The Labute approximate surface area is 200 Å². The highest BCUT2D eigenvalue weighted by molar-refractivity contribution is 5.80. The van der Waals surface area contributed by atoms with Crippen LogP contribution in [0.4, 0.5) is 0 Å². The van der Waals surface area contributed by atoms with Gasteiger partial charge in [0.25, 0.3) is 0 Å². The van der Waals surface area contributed by atoms with Crippen molar-refractivity contribution in [1.82, 2.24) is 0 Å². The van der Waals surface area contributed by atoms with Gasteiger partial charge in [0.2, 0.25) is 0 Å². The lowest BCUT2D eigenvalue weighted by Crippen LogP contribution is -2.67.